The maximum absolute atomic E-state index is 5.82. The molecule has 0 aliphatic heterocycles. The Morgan fingerprint density at radius 1 is 1.00 bits per heavy atom. The highest BCUT2D eigenvalue weighted by Gasteiger charge is 2.16. The van der Waals surface area contributed by atoms with Crippen molar-refractivity contribution in [1.29, 1.82) is 0 Å². The second-order valence-electron chi connectivity index (χ2n) is 3.83. The van der Waals surface area contributed by atoms with Gasteiger partial charge in [-0.25, -0.2) is 9.97 Å². The lowest BCUT2D eigenvalue weighted by atomic mass is 10.1. The molecule has 0 amide bonds. The van der Waals surface area contributed by atoms with Gasteiger partial charge in [-0.1, -0.05) is 0 Å². The molecule has 0 fully saturated rings. The number of rotatable bonds is 4. The molecule has 2 N–H and O–H groups in total. The molecular weight excluding hydrogens is 373 g/mol. The Balaban J connectivity index is 2.62. The summed E-state index contributed by atoms with van der Waals surface area (Å²) in [5.74, 6) is 2.63. The van der Waals surface area contributed by atoms with Crippen LogP contribution < -0.4 is 19.9 Å². The van der Waals surface area contributed by atoms with Gasteiger partial charge in [-0.15, -0.1) is 0 Å². The van der Waals surface area contributed by atoms with Crippen LogP contribution in [0.4, 0.5) is 5.82 Å². The van der Waals surface area contributed by atoms with Gasteiger partial charge in [0.25, 0.3) is 0 Å². The maximum Gasteiger partial charge on any atom is 0.165 e. The SMILES string of the molecule is COc1cc(OC)c(-c2ncc(I)c(N)n2)cc1OC. The molecule has 0 saturated carbocycles. The predicted octanol–water partition coefficient (Wildman–Crippen LogP) is 2.36. The van der Waals surface area contributed by atoms with Gasteiger partial charge in [-0.3, -0.25) is 0 Å². The molecule has 2 rings (SSSR count). The number of methoxy groups -OCH3 is 3. The van der Waals surface area contributed by atoms with E-state index in [4.69, 9.17) is 19.9 Å². The first-order valence-electron chi connectivity index (χ1n) is 5.69. The first kappa shape index (κ1) is 14.6. The van der Waals surface area contributed by atoms with Crippen LogP contribution in [0, 0.1) is 3.57 Å². The lowest BCUT2D eigenvalue weighted by Gasteiger charge is -2.13. The van der Waals surface area contributed by atoms with Gasteiger partial charge in [-0.2, -0.15) is 0 Å². The third-order valence-corrected chi connectivity index (χ3v) is 3.55. The third kappa shape index (κ3) is 2.72. The van der Waals surface area contributed by atoms with Crippen LogP contribution in [0.2, 0.25) is 0 Å². The Morgan fingerprint density at radius 2 is 1.60 bits per heavy atom. The number of nitrogens with zero attached hydrogens (tertiary/aromatic N) is 2. The number of hydrogen-bond donors (Lipinski definition) is 1. The van der Waals surface area contributed by atoms with E-state index in [0.717, 1.165) is 3.57 Å². The minimum atomic E-state index is 0.424. The quantitative estimate of drug-likeness (QED) is 0.812. The molecule has 7 heteroatoms. The highest BCUT2D eigenvalue weighted by molar-refractivity contribution is 14.1. The van der Waals surface area contributed by atoms with E-state index in [-0.39, 0.29) is 0 Å². The molecule has 0 radical (unpaired) electrons. The van der Waals surface area contributed by atoms with E-state index >= 15 is 0 Å². The predicted molar refractivity (Wildman–Crippen MR) is 84.3 cm³/mol. The smallest absolute Gasteiger partial charge is 0.165 e. The zero-order valence-corrected chi connectivity index (χ0v) is 13.5. The van der Waals surface area contributed by atoms with Crippen molar-refractivity contribution in [3.8, 4) is 28.6 Å². The number of hydrogen-bond acceptors (Lipinski definition) is 6. The van der Waals surface area contributed by atoms with Gasteiger partial charge < -0.3 is 19.9 Å². The topological polar surface area (TPSA) is 79.5 Å². The van der Waals surface area contributed by atoms with Crippen molar-refractivity contribution in [3.63, 3.8) is 0 Å². The molecule has 0 unspecified atom stereocenters. The minimum absolute atomic E-state index is 0.424. The van der Waals surface area contributed by atoms with Crippen molar-refractivity contribution in [1.82, 2.24) is 9.97 Å². The first-order valence-corrected chi connectivity index (χ1v) is 6.77. The van der Waals surface area contributed by atoms with E-state index < -0.39 is 0 Å². The molecule has 106 valence electrons. The fraction of sp³-hybridized carbons (Fsp3) is 0.231. The van der Waals surface area contributed by atoms with Crippen LogP contribution >= 0.6 is 22.6 Å². The third-order valence-electron chi connectivity index (χ3n) is 2.72. The van der Waals surface area contributed by atoms with Crippen molar-refractivity contribution >= 4 is 28.4 Å². The van der Waals surface area contributed by atoms with E-state index in [2.05, 4.69) is 32.6 Å². The molecule has 2 aromatic rings. The van der Waals surface area contributed by atoms with Crippen LogP contribution in [0.3, 0.4) is 0 Å². The molecule has 20 heavy (non-hydrogen) atoms. The van der Waals surface area contributed by atoms with Gasteiger partial charge in [-0.05, 0) is 28.7 Å². The van der Waals surface area contributed by atoms with Crippen LogP contribution in [0.1, 0.15) is 0 Å². The summed E-state index contributed by atoms with van der Waals surface area (Å²) in [6.45, 7) is 0. The average Bonchev–Trinajstić information content (AvgIpc) is 2.48. The summed E-state index contributed by atoms with van der Waals surface area (Å²) in [6, 6.07) is 3.49. The number of ether oxygens (including phenoxy) is 3. The van der Waals surface area contributed by atoms with Crippen molar-refractivity contribution in [3.05, 3.63) is 21.9 Å². The molecule has 1 aromatic heterocycles. The van der Waals surface area contributed by atoms with Crippen LogP contribution in [0.15, 0.2) is 18.3 Å². The lowest BCUT2D eigenvalue weighted by Crippen LogP contribution is -2.01. The summed E-state index contributed by atoms with van der Waals surface area (Å²) in [7, 11) is 4.70. The Kier molecular flexibility index (Phi) is 4.48. The monoisotopic (exact) mass is 387 g/mol. The van der Waals surface area contributed by atoms with Crippen molar-refractivity contribution < 1.29 is 14.2 Å². The van der Waals surface area contributed by atoms with E-state index in [1.807, 2.05) is 0 Å². The zero-order chi connectivity index (χ0) is 14.7. The molecule has 0 spiro atoms. The highest BCUT2D eigenvalue weighted by Crippen LogP contribution is 2.39. The molecule has 6 nitrogen and oxygen atoms in total. The van der Waals surface area contributed by atoms with Crippen molar-refractivity contribution in [2.45, 2.75) is 0 Å². The van der Waals surface area contributed by atoms with Gasteiger partial charge in [0.2, 0.25) is 0 Å². The van der Waals surface area contributed by atoms with Crippen LogP contribution in [-0.4, -0.2) is 31.3 Å². The van der Waals surface area contributed by atoms with E-state index in [1.165, 1.54) is 0 Å². The van der Waals surface area contributed by atoms with E-state index in [9.17, 15) is 0 Å². The standard InChI is InChI=1S/C13H14IN3O3/c1-18-9-5-11(20-3)10(19-2)4-7(9)13-16-6-8(14)12(15)17-13/h4-6H,1-3H3,(H2,15,16,17). The van der Waals surface area contributed by atoms with Crippen molar-refractivity contribution in [2.24, 2.45) is 0 Å². The fourth-order valence-corrected chi connectivity index (χ4v) is 1.97. The maximum atomic E-state index is 5.82. The summed E-state index contributed by atoms with van der Waals surface area (Å²) in [5.41, 5.74) is 6.51. The molecule has 1 aromatic carbocycles. The summed E-state index contributed by atoms with van der Waals surface area (Å²) in [4.78, 5) is 8.54. The Labute approximate surface area is 130 Å². The number of benzene rings is 1. The number of aromatic nitrogens is 2. The van der Waals surface area contributed by atoms with Gasteiger partial charge >= 0.3 is 0 Å². The molecule has 0 aliphatic rings. The van der Waals surface area contributed by atoms with Gasteiger partial charge in [0.05, 0.1) is 30.5 Å². The normalized spacial score (nSPS) is 10.2. The first-order chi connectivity index (χ1) is 9.60. The van der Waals surface area contributed by atoms with Crippen LogP contribution in [-0.2, 0) is 0 Å². The molecular formula is C13H14IN3O3. The van der Waals surface area contributed by atoms with E-state index in [0.29, 0.717) is 34.5 Å². The number of nitrogens with two attached hydrogens (primary N) is 1. The van der Waals surface area contributed by atoms with Gasteiger partial charge in [0.1, 0.15) is 11.6 Å². The molecule has 0 atom stereocenters. The number of anilines is 1. The van der Waals surface area contributed by atoms with Gasteiger partial charge in [0.15, 0.2) is 17.3 Å². The lowest BCUT2D eigenvalue weighted by molar-refractivity contribution is 0.349. The second kappa shape index (κ2) is 6.12. The fourth-order valence-electron chi connectivity index (χ4n) is 1.71. The molecule has 0 bridgehead atoms. The van der Waals surface area contributed by atoms with Crippen molar-refractivity contribution in [2.75, 3.05) is 27.1 Å². The summed E-state index contributed by atoms with van der Waals surface area (Å²) in [5, 5.41) is 0. The summed E-state index contributed by atoms with van der Waals surface area (Å²) >= 11 is 2.08. The highest BCUT2D eigenvalue weighted by atomic mass is 127. The second-order valence-corrected chi connectivity index (χ2v) is 5.00. The minimum Gasteiger partial charge on any atom is -0.496 e. The zero-order valence-electron chi connectivity index (χ0n) is 11.3. The summed E-state index contributed by atoms with van der Waals surface area (Å²) in [6.07, 6.45) is 1.66. The van der Waals surface area contributed by atoms with E-state index in [1.54, 1.807) is 39.7 Å². The van der Waals surface area contributed by atoms with Crippen LogP contribution in [0.25, 0.3) is 11.4 Å². The number of halogens is 1. The molecule has 0 aliphatic carbocycles. The Hall–Kier alpha value is -1.77. The van der Waals surface area contributed by atoms with Gasteiger partial charge in [0, 0.05) is 12.3 Å². The van der Waals surface area contributed by atoms with Crippen LogP contribution in [0.5, 0.6) is 17.2 Å². The molecule has 1 heterocycles. The number of nitrogen functional groups attached to an aromatic ring is 1. The molecule has 0 saturated heterocycles. The average molecular weight is 387 g/mol. The summed E-state index contributed by atoms with van der Waals surface area (Å²) < 4.78 is 16.7. The largest absolute Gasteiger partial charge is 0.496 e. The Bertz CT molecular complexity index is 634. The Morgan fingerprint density at radius 3 is 2.15 bits per heavy atom.